The summed E-state index contributed by atoms with van der Waals surface area (Å²) in [6, 6.07) is 10.2. The van der Waals surface area contributed by atoms with Gasteiger partial charge in [-0.15, -0.1) is 10.2 Å². The summed E-state index contributed by atoms with van der Waals surface area (Å²) in [4.78, 5) is 31.6. The van der Waals surface area contributed by atoms with Gasteiger partial charge in [0.25, 0.3) is 0 Å². The monoisotopic (exact) mass is 639 g/mol. The molecule has 2 N–H and O–H groups in total. The first kappa shape index (κ1) is 30.2. The lowest BCUT2D eigenvalue weighted by atomic mass is 9.56. The molecule has 3 aromatic rings. The Hall–Kier alpha value is -4.19. The Morgan fingerprint density at radius 2 is 1.72 bits per heavy atom. The molecule has 1 aromatic carbocycles. The first-order valence-electron chi connectivity index (χ1n) is 17.4. The molecule has 12 heteroatoms. The Bertz CT molecular complexity index is 1580. The van der Waals surface area contributed by atoms with Crippen LogP contribution in [0, 0.1) is 11.3 Å². The second-order valence-electron chi connectivity index (χ2n) is 14.0. The molecule has 2 aliphatic carbocycles. The van der Waals surface area contributed by atoms with Crippen molar-refractivity contribution in [2.24, 2.45) is 11.3 Å². The summed E-state index contributed by atoms with van der Waals surface area (Å²) in [6.45, 7) is 9.73. The summed E-state index contributed by atoms with van der Waals surface area (Å²) in [6.07, 6.45) is 10.9. The van der Waals surface area contributed by atoms with Gasteiger partial charge in [-0.1, -0.05) is 12.1 Å². The topological polar surface area (TPSA) is 123 Å². The number of nitrogens with one attached hydrogen (secondary N) is 1. The van der Waals surface area contributed by atoms with E-state index in [-0.39, 0.29) is 23.7 Å². The van der Waals surface area contributed by atoms with E-state index in [0.717, 1.165) is 88.3 Å². The van der Waals surface area contributed by atoms with E-state index < -0.39 is 0 Å². The zero-order valence-corrected chi connectivity index (χ0v) is 27.2. The predicted molar refractivity (Wildman–Crippen MR) is 181 cm³/mol. The normalized spacial score (nSPS) is 27.4. The fourth-order valence-electron chi connectivity index (χ4n) is 8.61. The van der Waals surface area contributed by atoms with Crippen LogP contribution in [0.15, 0.2) is 42.7 Å². The number of piperazine rings is 2. The van der Waals surface area contributed by atoms with Gasteiger partial charge in [0.15, 0.2) is 5.82 Å². The quantitative estimate of drug-likeness (QED) is 0.382. The zero-order chi connectivity index (χ0) is 32.0. The molecule has 3 aliphatic heterocycles. The number of anilines is 4. The molecule has 5 heterocycles. The second kappa shape index (κ2) is 12.4. The van der Waals surface area contributed by atoms with Crippen LogP contribution in [0.1, 0.15) is 45.4 Å². The molecule has 2 saturated carbocycles. The van der Waals surface area contributed by atoms with Gasteiger partial charge in [0, 0.05) is 64.0 Å². The molecular weight excluding hydrogens is 594 g/mol. The van der Waals surface area contributed by atoms with Gasteiger partial charge in [-0.05, 0) is 69.1 Å². The van der Waals surface area contributed by atoms with Crippen molar-refractivity contribution in [1.82, 2.24) is 25.1 Å². The lowest BCUT2D eigenvalue weighted by molar-refractivity contribution is -0.151. The number of benzene rings is 1. The number of phenolic OH excluding ortho intramolecular Hbond substituents is 1. The minimum absolute atomic E-state index is 0.0123. The van der Waals surface area contributed by atoms with E-state index in [0.29, 0.717) is 29.3 Å². The van der Waals surface area contributed by atoms with Gasteiger partial charge in [-0.3, -0.25) is 9.69 Å². The number of phenols is 1. The molecule has 248 valence electrons. The number of hydrogen-bond donors (Lipinski definition) is 2. The largest absolute Gasteiger partial charge is 0.507 e. The average Bonchev–Trinajstić information content (AvgIpc) is 3.10. The van der Waals surface area contributed by atoms with Gasteiger partial charge in [-0.25, -0.2) is 9.97 Å². The van der Waals surface area contributed by atoms with Crippen molar-refractivity contribution in [3.63, 3.8) is 0 Å². The van der Waals surface area contributed by atoms with E-state index >= 15 is 0 Å². The van der Waals surface area contributed by atoms with Crippen molar-refractivity contribution in [1.29, 1.82) is 0 Å². The second-order valence-corrected chi connectivity index (χ2v) is 14.0. The molecule has 12 nitrogen and oxygen atoms in total. The van der Waals surface area contributed by atoms with E-state index in [1.165, 1.54) is 25.7 Å². The summed E-state index contributed by atoms with van der Waals surface area (Å²) < 4.78 is 5.27. The number of rotatable bonds is 6. The van der Waals surface area contributed by atoms with Crippen LogP contribution in [0.25, 0.3) is 11.3 Å². The average molecular weight is 640 g/mol. The van der Waals surface area contributed by atoms with Crippen LogP contribution < -0.4 is 20.0 Å². The minimum Gasteiger partial charge on any atom is -0.507 e. The highest BCUT2D eigenvalue weighted by Crippen LogP contribution is 2.54. The number of carbonyl (C=O) groups excluding carboxylic acids is 1. The number of nitrogens with zero attached hydrogens (tertiary/aromatic N) is 8. The summed E-state index contributed by atoms with van der Waals surface area (Å²) in [7, 11) is 0. The Kier molecular flexibility index (Phi) is 7.98. The molecule has 8 rings (SSSR count). The van der Waals surface area contributed by atoms with Crippen LogP contribution >= 0.6 is 0 Å². The van der Waals surface area contributed by atoms with Gasteiger partial charge in [0.05, 0.1) is 48.0 Å². The van der Waals surface area contributed by atoms with E-state index in [4.69, 9.17) is 14.7 Å². The standard InChI is InChI=1S/C35H45N9O3/c1-2-47-33(46)24-7-9-35(10-8-24)18-25(19-35)41-11-13-42(14-12-41)26-20-37-34(38-21-26)43-15-16-44-27(23-43)22-36-32-30(44)17-29(39-40-32)28-5-3-4-6-31(28)45/h3-6,17,20-21,24-25,27,45H,2,7-16,18-19,22-23H2,1H3,(H,36,40)/t24-,25-,27-,35?/m0/s1. The molecule has 4 fully saturated rings. The van der Waals surface area contributed by atoms with Gasteiger partial charge in [0.1, 0.15) is 5.75 Å². The Morgan fingerprint density at radius 3 is 2.47 bits per heavy atom. The molecule has 0 bridgehead atoms. The molecule has 0 radical (unpaired) electrons. The molecule has 2 saturated heterocycles. The first-order chi connectivity index (χ1) is 23.0. The van der Waals surface area contributed by atoms with Gasteiger partial charge >= 0.3 is 5.97 Å². The fourth-order valence-corrected chi connectivity index (χ4v) is 8.61. The molecule has 2 aromatic heterocycles. The van der Waals surface area contributed by atoms with Crippen LogP contribution in [-0.2, 0) is 9.53 Å². The summed E-state index contributed by atoms with van der Waals surface area (Å²) in [5, 5.41) is 22.6. The number of ether oxygens (including phenoxy) is 1. The van der Waals surface area contributed by atoms with Gasteiger partial charge in [-0.2, -0.15) is 0 Å². The molecule has 0 amide bonds. The van der Waals surface area contributed by atoms with E-state index in [1.807, 2.05) is 43.6 Å². The number of fused-ring (bicyclic) bond motifs is 3. The third-order valence-electron chi connectivity index (χ3n) is 11.4. The molecule has 5 aliphatic rings. The smallest absolute Gasteiger partial charge is 0.308 e. The SMILES string of the molecule is CCOC(=O)[C@H]1CCC2(CC1)C[C@H](N1CCN(c3cnc(N4CCN5c6cc(-c7ccccc7O)nnc6NC[C@H]5C4)nc3)CC1)C2. The van der Waals surface area contributed by atoms with Crippen molar-refractivity contribution in [3.8, 4) is 17.0 Å². The molecule has 1 atom stereocenters. The van der Waals surface area contributed by atoms with E-state index in [1.54, 1.807) is 6.07 Å². The number of aromatic nitrogens is 4. The van der Waals surface area contributed by atoms with Gasteiger partial charge in [0.2, 0.25) is 5.95 Å². The number of hydrogen-bond acceptors (Lipinski definition) is 12. The third-order valence-corrected chi connectivity index (χ3v) is 11.4. The van der Waals surface area contributed by atoms with Crippen LogP contribution in [0.2, 0.25) is 0 Å². The maximum Gasteiger partial charge on any atom is 0.308 e. The first-order valence-corrected chi connectivity index (χ1v) is 17.4. The van der Waals surface area contributed by atoms with Crippen molar-refractivity contribution in [2.45, 2.75) is 57.5 Å². The molecular formula is C35H45N9O3. The highest BCUT2D eigenvalue weighted by molar-refractivity contribution is 5.77. The van der Waals surface area contributed by atoms with E-state index in [9.17, 15) is 9.90 Å². The van der Waals surface area contributed by atoms with Crippen LogP contribution in [0.5, 0.6) is 5.75 Å². The number of carbonyl (C=O) groups is 1. The Balaban J connectivity index is 0.831. The number of esters is 1. The van der Waals surface area contributed by atoms with Crippen LogP contribution in [-0.4, -0.2) is 107 Å². The fraction of sp³-hybridized carbons (Fsp3) is 0.571. The lowest BCUT2D eigenvalue weighted by Gasteiger charge is -2.56. The molecule has 0 unspecified atom stereocenters. The maximum absolute atomic E-state index is 12.2. The highest BCUT2D eigenvalue weighted by Gasteiger charge is 2.49. The highest BCUT2D eigenvalue weighted by atomic mass is 16.5. The van der Waals surface area contributed by atoms with Crippen molar-refractivity contribution >= 4 is 29.1 Å². The number of aromatic hydroxyl groups is 1. The third kappa shape index (κ3) is 5.81. The number of para-hydroxylation sites is 1. The summed E-state index contributed by atoms with van der Waals surface area (Å²) in [5.74, 6) is 1.89. The van der Waals surface area contributed by atoms with Crippen molar-refractivity contribution in [3.05, 3.63) is 42.7 Å². The van der Waals surface area contributed by atoms with Gasteiger partial charge < -0.3 is 29.9 Å². The van der Waals surface area contributed by atoms with E-state index in [2.05, 4.69) is 35.1 Å². The summed E-state index contributed by atoms with van der Waals surface area (Å²) >= 11 is 0. The van der Waals surface area contributed by atoms with Crippen LogP contribution in [0.3, 0.4) is 0 Å². The molecule has 47 heavy (non-hydrogen) atoms. The Morgan fingerprint density at radius 1 is 0.979 bits per heavy atom. The molecule has 1 spiro atoms. The maximum atomic E-state index is 12.2. The van der Waals surface area contributed by atoms with Crippen LogP contribution in [0.4, 0.5) is 23.1 Å². The summed E-state index contributed by atoms with van der Waals surface area (Å²) in [5.41, 5.74) is 3.92. The Labute approximate surface area is 276 Å². The minimum atomic E-state index is 0.0123. The van der Waals surface area contributed by atoms with Crippen molar-refractivity contribution in [2.75, 3.05) is 79.0 Å². The van der Waals surface area contributed by atoms with Crippen molar-refractivity contribution < 1.29 is 14.6 Å². The lowest BCUT2D eigenvalue weighted by Crippen LogP contribution is -2.58. The predicted octanol–water partition coefficient (Wildman–Crippen LogP) is 3.78. The zero-order valence-electron chi connectivity index (χ0n) is 27.2.